The van der Waals surface area contributed by atoms with Crippen molar-refractivity contribution in [2.24, 2.45) is 0 Å². The van der Waals surface area contributed by atoms with Crippen molar-refractivity contribution in [2.45, 2.75) is 44.6 Å². The Morgan fingerprint density at radius 2 is 2.09 bits per heavy atom. The summed E-state index contributed by atoms with van der Waals surface area (Å²) >= 11 is 0. The number of aryl methyl sites for hydroxylation is 2. The number of carbonyl (C=O) groups excluding carboxylic acids is 1. The molecule has 1 amide bonds. The molecule has 1 saturated carbocycles. The second kappa shape index (κ2) is 8.17. The van der Waals surface area contributed by atoms with Gasteiger partial charge in [-0.3, -0.25) is 9.36 Å². The molecule has 1 aliphatic carbocycles. The third kappa shape index (κ3) is 3.77. The number of hydrogen-bond acceptors (Lipinski definition) is 5. The van der Waals surface area contributed by atoms with Gasteiger partial charge in [-0.25, -0.2) is 14.4 Å². The Kier molecular flexibility index (Phi) is 4.95. The molecule has 0 unspecified atom stereocenters. The fraction of sp³-hybridized carbons (Fsp3) is 0.269. The summed E-state index contributed by atoms with van der Waals surface area (Å²) in [7, 11) is 0. The monoisotopic (exact) mass is 467 g/mol. The Morgan fingerprint density at radius 3 is 2.89 bits per heavy atom. The van der Waals surface area contributed by atoms with Gasteiger partial charge < -0.3 is 9.88 Å². The molecule has 1 atom stereocenters. The van der Waals surface area contributed by atoms with Gasteiger partial charge in [0.2, 0.25) is 0 Å². The van der Waals surface area contributed by atoms with E-state index in [0.717, 1.165) is 37.2 Å². The molecule has 6 rings (SSSR count). The maximum Gasteiger partial charge on any atom is 0.259 e. The number of anilines is 1. The van der Waals surface area contributed by atoms with Crippen LogP contribution in [0, 0.1) is 25.1 Å². The lowest BCUT2D eigenvalue weighted by Gasteiger charge is -2.12. The lowest BCUT2D eigenvalue weighted by molar-refractivity contribution is 0.102. The summed E-state index contributed by atoms with van der Waals surface area (Å²) in [6.45, 7) is 1.81. The van der Waals surface area contributed by atoms with Crippen molar-refractivity contribution in [3.63, 3.8) is 0 Å². The maximum absolute atomic E-state index is 14.8. The minimum Gasteiger partial charge on any atom is -0.306 e. The average molecular weight is 468 g/mol. The Morgan fingerprint density at radius 1 is 1.23 bits per heavy atom. The first-order valence-electron chi connectivity index (χ1n) is 11.5. The largest absolute Gasteiger partial charge is 0.306 e. The first-order chi connectivity index (χ1) is 17.0. The average Bonchev–Trinajstić information content (AvgIpc) is 3.25. The standard InChI is InChI=1S/C26H22FN7O/c1-3-17-9-10-24-31-32-25(34(17)24)20-5-4-6-23(29-20)30-26(35)18-12-22(15(2)11-19(18)27)33-13-21(28-14-33)16-7-8-16/h1,4-6,11-14,16-17H,7-10H2,2H3,(H,29,30,35)/t17-/m1/s1. The lowest BCUT2D eigenvalue weighted by atomic mass is 10.1. The third-order valence-electron chi connectivity index (χ3n) is 6.54. The third-order valence-corrected chi connectivity index (χ3v) is 6.54. The predicted octanol–water partition coefficient (Wildman–Crippen LogP) is 4.22. The van der Waals surface area contributed by atoms with Gasteiger partial charge in [0.15, 0.2) is 5.82 Å². The number of halogens is 1. The van der Waals surface area contributed by atoms with E-state index in [1.165, 1.54) is 6.07 Å². The van der Waals surface area contributed by atoms with E-state index in [4.69, 9.17) is 6.42 Å². The van der Waals surface area contributed by atoms with Gasteiger partial charge in [-0.15, -0.1) is 16.6 Å². The SMILES string of the molecule is C#C[C@@H]1CCc2nnc(-c3cccc(NC(=O)c4cc(-n5cnc(C6CC6)c5)c(C)cc4F)n3)n21. The van der Waals surface area contributed by atoms with Crippen molar-refractivity contribution in [1.82, 2.24) is 29.3 Å². The summed E-state index contributed by atoms with van der Waals surface area (Å²) in [5, 5.41) is 11.2. The van der Waals surface area contributed by atoms with E-state index in [-0.39, 0.29) is 17.4 Å². The summed E-state index contributed by atoms with van der Waals surface area (Å²) in [5.41, 5.74) is 2.89. The van der Waals surface area contributed by atoms with Crippen molar-refractivity contribution in [3.8, 4) is 29.5 Å². The molecule has 1 N–H and O–H groups in total. The second-order valence-electron chi connectivity index (χ2n) is 8.99. The minimum absolute atomic E-state index is 0.0739. The number of amides is 1. The van der Waals surface area contributed by atoms with Crippen molar-refractivity contribution < 1.29 is 9.18 Å². The number of terminal acetylenes is 1. The number of hydrogen-bond donors (Lipinski definition) is 1. The maximum atomic E-state index is 14.8. The molecule has 4 heterocycles. The van der Waals surface area contributed by atoms with Crippen LogP contribution in [-0.4, -0.2) is 35.2 Å². The summed E-state index contributed by atoms with van der Waals surface area (Å²) in [6, 6.07) is 7.96. The molecule has 3 aromatic heterocycles. The van der Waals surface area contributed by atoms with Crippen molar-refractivity contribution in [1.29, 1.82) is 0 Å². The molecule has 0 spiro atoms. The molecule has 35 heavy (non-hydrogen) atoms. The number of rotatable bonds is 5. The van der Waals surface area contributed by atoms with E-state index in [9.17, 15) is 9.18 Å². The Balaban J connectivity index is 1.28. The highest BCUT2D eigenvalue weighted by Crippen LogP contribution is 2.39. The molecule has 1 fully saturated rings. The Hall–Kier alpha value is -4.32. The van der Waals surface area contributed by atoms with Gasteiger partial charge in [0.05, 0.1) is 29.3 Å². The molecule has 1 aliphatic heterocycles. The number of nitrogens with zero attached hydrogens (tertiary/aromatic N) is 6. The van der Waals surface area contributed by atoms with Crippen LogP contribution >= 0.6 is 0 Å². The minimum atomic E-state index is -0.602. The molecule has 0 saturated heterocycles. The first kappa shape index (κ1) is 21.2. The number of carbonyl (C=O) groups is 1. The van der Waals surface area contributed by atoms with Gasteiger partial charge in [0.1, 0.15) is 23.2 Å². The van der Waals surface area contributed by atoms with E-state index < -0.39 is 11.7 Å². The fourth-order valence-corrected chi connectivity index (χ4v) is 4.53. The van der Waals surface area contributed by atoms with Crippen LogP contribution in [0.25, 0.3) is 17.2 Å². The molecule has 0 radical (unpaired) electrons. The van der Waals surface area contributed by atoms with Crippen LogP contribution < -0.4 is 5.32 Å². The van der Waals surface area contributed by atoms with Crippen LogP contribution in [-0.2, 0) is 6.42 Å². The summed E-state index contributed by atoms with van der Waals surface area (Å²) in [6.07, 6.45) is 13.2. The number of benzene rings is 1. The number of fused-ring (bicyclic) bond motifs is 1. The number of pyridine rings is 1. The van der Waals surface area contributed by atoms with Gasteiger partial charge >= 0.3 is 0 Å². The molecule has 0 bridgehead atoms. The van der Waals surface area contributed by atoms with Crippen LogP contribution in [0.3, 0.4) is 0 Å². The van der Waals surface area contributed by atoms with Gasteiger partial charge in [0, 0.05) is 18.5 Å². The van der Waals surface area contributed by atoms with E-state index in [1.807, 2.05) is 22.3 Å². The van der Waals surface area contributed by atoms with Gasteiger partial charge in [-0.05, 0) is 56.0 Å². The molecule has 4 aromatic rings. The van der Waals surface area contributed by atoms with E-state index >= 15 is 0 Å². The van der Waals surface area contributed by atoms with Crippen molar-refractivity contribution in [3.05, 3.63) is 71.3 Å². The zero-order valence-electron chi connectivity index (χ0n) is 19.1. The zero-order valence-corrected chi connectivity index (χ0v) is 19.1. The molecular formula is C26H22FN7O. The lowest BCUT2D eigenvalue weighted by Crippen LogP contribution is -2.16. The van der Waals surface area contributed by atoms with Crippen molar-refractivity contribution in [2.75, 3.05) is 5.32 Å². The fourth-order valence-electron chi connectivity index (χ4n) is 4.53. The van der Waals surface area contributed by atoms with Crippen LogP contribution in [0.1, 0.15) is 58.7 Å². The van der Waals surface area contributed by atoms with Crippen LogP contribution in [0.5, 0.6) is 0 Å². The highest BCUT2D eigenvalue weighted by Gasteiger charge is 2.28. The molecule has 1 aromatic carbocycles. The van der Waals surface area contributed by atoms with E-state index in [0.29, 0.717) is 28.7 Å². The van der Waals surface area contributed by atoms with E-state index in [2.05, 4.69) is 31.4 Å². The molecule has 9 heteroatoms. The number of nitrogens with one attached hydrogen (secondary N) is 1. The highest BCUT2D eigenvalue weighted by atomic mass is 19.1. The molecule has 174 valence electrons. The summed E-state index contributed by atoms with van der Waals surface area (Å²) in [5.74, 6) is 3.71. The number of aromatic nitrogens is 6. The van der Waals surface area contributed by atoms with E-state index in [1.54, 1.807) is 30.6 Å². The molecule has 8 nitrogen and oxygen atoms in total. The number of imidazole rings is 1. The van der Waals surface area contributed by atoms with Crippen LogP contribution in [0.4, 0.5) is 10.2 Å². The highest BCUT2D eigenvalue weighted by molar-refractivity contribution is 6.04. The zero-order chi connectivity index (χ0) is 24.1. The Labute approximate surface area is 201 Å². The first-order valence-corrected chi connectivity index (χ1v) is 11.5. The quantitative estimate of drug-likeness (QED) is 0.444. The van der Waals surface area contributed by atoms with Gasteiger partial charge in [0.25, 0.3) is 5.91 Å². The summed E-state index contributed by atoms with van der Waals surface area (Å²) in [4.78, 5) is 22.0. The topological polar surface area (TPSA) is 90.5 Å². The molecule has 2 aliphatic rings. The smallest absolute Gasteiger partial charge is 0.259 e. The molecular weight excluding hydrogens is 445 g/mol. The Bertz CT molecular complexity index is 1510. The predicted molar refractivity (Wildman–Crippen MR) is 128 cm³/mol. The normalized spacial score (nSPS) is 16.7. The van der Waals surface area contributed by atoms with Crippen LogP contribution in [0.15, 0.2) is 42.9 Å². The second-order valence-corrected chi connectivity index (χ2v) is 8.99. The van der Waals surface area contributed by atoms with Gasteiger partial charge in [-0.2, -0.15) is 0 Å². The van der Waals surface area contributed by atoms with Crippen molar-refractivity contribution >= 4 is 11.7 Å². The van der Waals surface area contributed by atoms with Gasteiger partial charge in [-0.1, -0.05) is 12.0 Å². The summed E-state index contributed by atoms with van der Waals surface area (Å²) < 4.78 is 18.6. The van der Waals surface area contributed by atoms with Crippen LogP contribution in [0.2, 0.25) is 0 Å².